The molecule has 0 bridgehead atoms. The van der Waals surface area contributed by atoms with E-state index in [1.54, 1.807) is 0 Å². The van der Waals surface area contributed by atoms with E-state index in [-0.39, 0.29) is 24.4 Å². The van der Waals surface area contributed by atoms with Crippen molar-refractivity contribution in [3.63, 3.8) is 0 Å². The van der Waals surface area contributed by atoms with Gasteiger partial charge in [0, 0.05) is 37.8 Å². The van der Waals surface area contributed by atoms with E-state index in [2.05, 4.69) is 18.7 Å². The topological polar surface area (TPSA) is 43.8 Å². The fourth-order valence-corrected chi connectivity index (χ4v) is 4.35. The molecule has 0 aliphatic carbocycles. The number of nitrogens with zero attached hydrogens (tertiary/aromatic N) is 2. The zero-order valence-electron chi connectivity index (χ0n) is 17.7. The Kier molecular flexibility index (Phi) is 8.54. The molecular weight excluding hydrogens is 384 g/mol. The minimum Gasteiger partial charge on any atom is -0.508 e. The number of para-hydroxylation sites is 1. The fourth-order valence-electron chi connectivity index (χ4n) is 4.35. The minimum absolute atomic E-state index is 0. The van der Waals surface area contributed by atoms with Crippen LogP contribution in [0.15, 0.2) is 42.5 Å². The number of benzene rings is 2. The van der Waals surface area contributed by atoms with Crippen LogP contribution in [0, 0.1) is 13.8 Å². The van der Waals surface area contributed by atoms with Crippen molar-refractivity contribution in [2.45, 2.75) is 52.5 Å². The Bertz CT molecular complexity index is 779. The molecule has 1 aliphatic rings. The van der Waals surface area contributed by atoms with Crippen molar-refractivity contribution in [3.05, 3.63) is 59.2 Å². The third-order valence-corrected chi connectivity index (χ3v) is 5.89. The summed E-state index contributed by atoms with van der Waals surface area (Å²) in [5.41, 5.74) is 4.68. The van der Waals surface area contributed by atoms with E-state index in [4.69, 9.17) is 0 Å². The number of rotatable bonds is 6. The molecule has 1 saturated heterocycles. The number of amides is 1. The smallest absolute Gasteiger partial charge is 0.226 e. The molecule has 0 unspecified atom stereocenters. The Morgan fingerprint density at radius 2 is 1.69 bits per heavy atom. The second kappa shape index (κ2) is 10.7. The van der Waals surface area contributed by atoms with Gasteiger partial charge in [0.25, 0.3) is 0 Å². The van der Waals surface area contributed by atoms with E-state index in [9.17, 15) is 9.90 Å². The number of hydrogen-bond acceptors (Lipinski definition) is 3. The van der Waals surface area contributed by atoms with Crippen LogP contribution in [0.3, 0.4) is 0 Å². The van der Waals surface area contributed by atoms with Gasteiger partial charge in [-0.25, -0.2) is 0 Å². The molecule has 0 atom stereocenters. The average molecular weight is 417 g/mol. The number of likely N-dealkylation sites (tertiary alicyclic amines) is 1. The second-order valence-electron chi connectivity index (χ2n) is 7.83. The molecule has 0 saturated carbocycles. The Morgan fingerprint density at radius 1 is 1.10 bits per heavy atom. The zero-order chi connectivity index (χ0) is 20.1. The van der Waals surface area contributed by atoms with Gasteiger partial charge in [-0.05, 0) is 74.1 Å². The van der Waals surface area contributed by atoms with Crippen molar-refractivity contribution in [2.75, 3.05) is 24.5 Å². The van der Waals surface area contributed by atoms with Crippen LogP contribution in [0.4, 0.5) is 5.69 Å². The van der Waals surface area contributed by atoms with Gasteiger partial charge in [0.05, 0.1) is 0 Å². The lowest BCUT2D eigenvalue weighted by atomic mass is 9.97. The number of halogens is 1. The molecule has 2 aromatic rings. The summed E-state index contributed by atoms with van der Waals surface area (Å²) in [6.07, 6.45) is 3.55. The SMILES string of the molecule is CCC(=O)N(c1ccccc1)C1CCN(CCc2c(C)cc(O)cc2C)CC1.Cl. The quantitative estimate of drug-likeness (QED) is 0.729. The van der Waals surface area contributed by atoms with Crippen LogP contribution in [0.2, 0.25) is 0 Å². The number of hydrogen-bond donors (Lipinski definition) is 1. The fraction of sp³-hybridized carbons (Fsp3) is 0.458. The van der Waals surface area contributed by atoms with Crippen molar-refractivity contribution in [1.29, 1.82) is 0 Å². The molecule has 1 amide bonds. The summed E-state index contributed by atoms with van der Waals surface area (Å²) in [6.45, 7) is 9.13. The molecule has 29 heavy (non-hydrogen) atoms. The zero-order valence-corrected chi connectivity index (χ0v) is 18.5. The molecule has 158 valence electrons. The van der Waals surface area contributed by atoms with Gasteiger partial charge in [-0.2, -0.15) is 0 Å². The van der Waals surface area contributed by atoms with Crippen molar-refractivity contribution in [1.82, 2.24) is 4.90 Å². The number of phenolic OH excluding ortho intramolecular Hbond substituents is 1. The molecule has 1 fully saturated rings. The summed E-state index contributed by atoms with van der Waals surface area (Å²) in [6, 6.07) is 14.1. The normalized spacial score (nSPS) is 15.0. The highest BCUT2D eigenvalue weighted by Crippen LogP contribution is 2.26. The van der Waals surface area contributed by atoms with Crippen LogP contribution in [0.25, 0.3) is 0 Å². The molecule has 1 aliphatic heterocycles. The first-order valence-corrected chi connectivity index (χ1v) is 10.4. The van der Waals surface area contributed by atoms with Crippen LogP contribution >= 0.6 is 12.4 Å². The molecular formula is C24H33ClN2O2. The van der Waals surface area contributed by atoms with Gasteiger partial charge in [-0.15, -0.1) is 12.4 Å². The van der Waals surface area contributed by atoms with Gasteiger partial charge in [0.1, 0.15) is 5.75 Å². The van der Waals surface area contributed by atoms with Gasteiger partial charge in [0.2, 0.25) is 5.91 Å². The highest BCUT2D eigenvalue weighted by Gasteiger charge is 2.28. The number of aryl methyl sites for hydroxylation is 2. The standard InChI is InChI=1S/C24H32N2O2.ClH/c1-4-24(28)26(20-8-6-5-7-9-20)21-10-13-25(14-11-21)15-12-23-18(2)16-22(27)17-19(23)3;/h5-9,16-17,21,27H,4,10-15H2,1-3H3;1H. The van der Waals surface area contributed by atoms with Gasteiger partial charge in [-0.3, -0.25) is 4.79 Å². The number of piperidine rings is 1. The molecule has 4 nitrogen and oxygen atoms in total. The summed E-state index contributed by atoms with van der Waals surface area (Å²) >= 11 is 0. The van der Waals surface area contributed by atoms with Crippen molar-refractivity contribution in [3.8, 4) is 5.75 Å². The third-order valence-electron chi connectivity index (χ3n) is 5.89. The summed E-state index contributed by atoms with van der Waals surface area (Å²) in [5, 5.41) is 9.73. The Balaban J connectivity index is 0.00000300. The third kappa shape index (κ3) is 5.74. The molecule has 0 aromatic heterocycles. The van der Waals surface area contributed by atoms with Gasteiger partial charge < -0.3 is 14.9 Å². The molecule has 2 aromatic carbocycles. The van der Waals surface area contributed by atoms with Crippen LogP contribution in [-0.4, -0.2) is 41.6 Å². The molecule has 3 rings (SSSR count). The summed E-state index contributed by atoms with van der Waals surface area (Å²) in [5.74, 6) is 0.557. The summed E-state index contributed by atoms with van der Waals surface area (Å²) in [4.78, 5) is 17.1. The minimum atomic E-state index is 0. The van der Waals surface area contributed by atoms with Crippen LogP contribution in [0.1, 0.15) is 42.9 Å². The first kappa shape index (κ1) is 23.2. The number of carbonyl (C=O) groups excluding carboxylic acids is 1. The van der Waals surface area contributed by atoms with E-state index in [1.165, 1.54) is 5.56 Å². The van der Waals surface area contributed by atoms with Crippen molar-refractivity contribution in [2.24, 2.45) is 0 Å². The van der Waals surface area contributed by atoms with Crippen LogP contribution < -0.4 is 4.90 Å². The van der Waals surface area contributed by atoms with Crippen LogP contribution in [-0.2, 0) is 11.2 Å². The number of phenols is 1. The first-order valence-electron chi connectivity index (χ1n) is 10.4. The Labute approximate surface area is 180 Å². The maximum Gasteiger partial charge on any atom is 0.226 e. The van der Waals surface area contributed by atoms with Crippen molar-refractivity contribution >= 4 is 24.0 Å². The highest BCUT2D eigenvalue weighted by atomic mass is 35.5. The molecule has 5 heteroatoms. The van der Waals surface area contributed by atoms with Crippen LogP contribution in [0.5, 0.6) is 5.75 Å². The maximum atomic E-state index is 12.6. The predicted molar refractivity (Wildman–Crippen MR) is 122 cm³/mol. The predicted octanol–water partition coefficient (Wildman–Crippen LogP) is 4.88. The molecule has 1 N–H and O–H groups in total. The van der Waals surface area contributed by atoms with E-state index < -0.39 is 0 Å². The van der Waals surface area contributed by atoms with Gasteiger partial charge in [-0.1, -0.05) is 25.1 Å². The Hall–Kier alpha value is -2.04. The summed E-state index contributed by atoms with van der Waals surface area (Å²) < 4.78 is 0. The van der Waals surface area contributed by atoms with E-state index in [1.807, 2.05) is 54.3 Å². The van der Waals surface area contributed by atoms with E-state index in [0.29, 0.717) is 12.2 Å². The lowest BCUT2D eigenvalue weighted by Gasteiger charge is -2.38. The number of carbonyl (C=O) groups is 1. The Morgan fingerprint density at radius 3 is 2.24 bits per heavy atom. The molecule has 0 radical (unpaired) electrons. The van der Waals surface area contributed by atoms with E-state index >= 15 is 0 Å². The maximum absolute atomic E-state index is 12.6. The lowest BCUT2D eigenvalue weighted by molar-refractivity contribution is -0.119. The van der Waals surface area contributed by atoms with Crippen molar-refractivity contribution < 1.29 is 9.90 Å². The first-order chi connectivity index (χ1) is 13.5. The van der Waals surface area contributed by atoms with Gasteiger partial charge in [0.15, 0.2) is 0 Å². The molecule has 1 heterocycles. The lowest BCUT2D eigenvalue weighted by Crippen LogP contribution is -2.48. The number of aromatic hydroxyl groups is 1. The van der Waals surface area contributed by atoms with Gasteiger partial charge >= 0.3 is 0 Å². The molecule has 0 spiro atoms. The van der Waals surface area contributed by atoms with E-state index in [0.717, 1.165) is 55.7 Å². The summed E-state index contributed by atoms with van der Waals surface area (Å²) in [7, 11) is 0. The highest BCUT2D eigenvalue weighted by molar-refractivity contribution is 5.93. The average Bonchev–Trinajstić information content (AvgIpc) is 2.69. The largest absolute Gasteiger partial charge is 0.508 e. The monoisotopic (exact) mass is 416 g/mol. The second-order valence-corrected chi connectivity index (χ2v) is 7.83. The number of anilines is 1.